The van der Waals surface area contributed by atoms with Crippen LogP contribution in [0.25, 0.3) is 0 Å². The van der Waals surface area contributed by atoms with Crippen molar-refractivity contribution in [2.45, 2.75) is 13.5 Å². The molecule has 0 aliphatic heterocycles. The van der Waals surface area contributed by atoms with E-state index in [0.29, 0.717) is 23.1 Å². The zero-order valence-electron chi connectivity index (χ0n) is 12.5. The smallest absolute Gasteiger partial charge is 0.235 e. The first-order valence-corrected chi connectivity index (χ1v) is 8.38. The number of carbonyl (C=O) groups excluding carboxylic acids is 2. The molecule has 0 fully saturated rings. The van der Waals surface area contributed by atoms with Crippen molar-refractivity contribution >= 4 is 41.0 Å². The molecule has 0 saturated carbocycles. The summed E-state index contributed by atoms with van der Waals surface area (Å²) in [5.41, 5.74) is 0.926. The van der Waals surface area contributed by atoms with Gasteiger partial charge >= 0.3 is 0 Å². The molecule has 0 saturated heterocycles. The van der Waals surface area contributed by atoms with E-state index in [9.17, 15) is 9.59 Å². The van der Waals surface area contributed by atoms with Gasteiger partial charge in [0.2, 0.25) is 11.8 Å². The average Bonchev–Trinajstić information content (AvgIpc) is 2.90. The van der Waals surface area contributed by atoms with Crippen LogP contribution in [0, 0.1) is 6.92 Å². The molecular formula is C15H16ClN3O3S. The van der Waals surface area contributed by atoms with Gasteiger partial charge in [0.05, 0.1) is 11.5 Å². The van der Waals surface area contributed by atoms with Crippen molar-refractivity contribution in [3.63, 3.8) is 0 Å². The third kappa shape index (κ3) is 6.33. The molecular weight excluding hydrogens is 338 g/mol. The van der Waals surface area contributed by atoms with E-state index >= 15 is 0 Å². The first kappa shape index (κ1) is 17.4. The van der Waals surface area contributed by atoms with Crippen molar-refractivity contribution in [1.82, 2.24) is 10.5 Å². The fraction of sp³-hybridized carbons (Fsp3) is 0.267. The highest BCUT2D eigenvalue weighted by Gasteiger charge is 2.08. The first-order chi connectivity index (χ1) is 11.0. The minimum atomic E-state index is -0.231. The monoisotopic (exact) mass is 353 g/mol. The van der Waals surface area contributed by atoms with Gasteiger partial charge in [0.25, 0.3) is 0 Å². The van der Waals surface area contributed by atoms with E-state index in [2.05, 4.69) is 15.8 Å². The van der Waals surface area contributed by atoms with Crippen LogP contribution in [-0.4, -0.2) is 28.5 Å². The highest BCUT2D eigenvalue weighted by Crippen LogP contribution is 2.11. The molecule has 1 heterocycles. The molecule has 0 atom stereocenters. The number of hydrogen-bond acceptors (Lipinski definition) is 5. The number of aromatic nitrogens is 1. The number of nitrogens with one attached hydrogen (secondary N) is 2. The molecule has 122 valence electrons. The third-order valence-corrected chi connectivity index (χ3v) is 3.91. The summed E-state index contributed by atoms with van der Waals surface area (Å²) >= 11 is 7.10. The quantitative estimate of drug-likeness (QED) is 0.799. The maximum atomic E-state index is 11.7. The van der Waals surface area contributed by atoms with Crippen molar-refractivity contribution < 1.29 is 14.1 Å². The van der Waals surface area contributed by atoms with Crippen LogP contribution in [0.1, 0.15) is 11.3 Å². The van der Waals surface area contributed by atoms with Gasteiger partial charge < -0.3 is 15.2 Å². The summed E-state index contributed by atoms with van der Waals surface area (Å²) in [6.45, 7) is 2.14. The highest BCUT2D eigenvalue weighted by atomic mass is 35.5. The Kier molecular flexibility index (Phi) is 6.49. The number of thioether (sulfide) groups is 1. The number of carbonyl (C=O) groups is 2. The van der Waals surface area contributed by atoms with E-state index in [1.165, 1.54) is 11.8 Å². The Bertz CT molecular complexity index is 690. The van der Waals surface area contributed by atoms with Gasteiger partial charge in [-0.05, 0) is 24.6 Å². The largest absolute Gasteiger partial charge is 0.360 e. The van der Waals surface area contributed by atoms with Crippen molar-refractivity contribution in [3.05, 3.63) is 46.7 Å². The molecule has 0 radical (unpaired) electrons. The van der Waals surface area contributed by atoms with Crippen LogP contribution in [0.15, 0.2) is 34.9 Å². The summed E-state index contributed by atoms with van der Waals surface area (Å²) in [6.07, 6.45) is 0. The number of amides is 2. The minimum absolute atomic E-state index is 0.139. The second kappa shape index (κ2) is 8.59. The molecule has 2 rings (SSSR count). The molecule has 1 aromatic heterocycles. The highest BCUT2D eigenvalue weighted by molar-refractivity contribution is 8.00. The predicted molar refractivity (Wildman–Crippen MR) is 90.5 cm³/mol. The van der Waals surface area contributed by atoms with Gasteiger partial charge in [-0.3, -0.25) is 9.59 Å². The van der Waals surface area contributed by atoms with Crippen LogP contribution in [0.2, 0.25) is 5.02 Å². The average molecular weight is 354 g/mol. The van der Waals surface area contributed by atoms with Gasteiger partial charge in [-0.15, -0.1) is 11.8 Å². The Morgan fingerprint density at radius 1 is 1.26 bits per heavy atom. The lowest BCUT2D eigenvalue weighted by atomic mass is 10.2. The second-order valence-corrected chi connectivity index (χ2v) is 6.19. The zero-order chi connectivity index (χ0) is 16.7. The molecule has 6 nitrogen and oxygen atoms in total. The lowest BCUT2D eigenvalue weighted by molar-refractivity contribution is -0.118. The number of halogens is 1. The summed E-state index contributed by atoms with van der Waals surface area (Å²) in [6, 6.07) is 8.90. The van der Waals surface area contributed by atoms with Gasteiger partial charge in [0.15, 0.2) is 5.82 Å². The van der Waals surface area contributed by atoms with E-state index in [4.69, 9.17) is 16.1 Å². The Hall–Kier alpha value is -1.99. The van der Waals surface area contributed by atoms with Gasteiger partial charge in [0, 0.05) is 17.6 Å². The Labute approximate surface area is 142 Å². The molecule has 0 bridgehead atoms. The topological polar surface area (TPSA) is 84.2 Å². The van der Waals surface area contributed by atoms with E-state index in [1.807, 2.05) is 12.1 Å². The third-order valence-electron chi connectivity index (χ3n) is 2.74. The standard InChI is InChI=1S/C15H16ClN3O3S/c1-10-5-13(19-22-10)18-15(21)9-23-8-14(20)17-7-11-3-2-4-12(16)6-11/h2-6H,7-9H2,1H3,(H,17,20)(H,18,19,21). The lowest BCUT2D eigenvalue weighted by Crippen LogP contribution is -2.25. The maximum absolute atomic E-state index is 11.7. The number of benzene rings is 1. The molecule has 23 heavy (non-hydrogen) atoms. The van der Waals surface area contributed by atoms with Crippen LogP contribution in [0.4, 0.5) is 5.82 Å². The number of rotatable bonds is 7. The molecule has 0 aliphatic carbocycles. The Morgan fingerprint density at radius 3 is 2.74 bits per heavy atom. The van der Waals surface area contributed by atoms with Crippen molar-refractivity contribution in [3.8, 4) is 0 Å². The molecule has 0 spiro atoms. The molecule has 1 aromatic carbocycles. The summed E-state index contributed by atoms with van der Waals surface area (Å²) in [7, 11) is 0. The second-order valence-electron chi connectivity index (χ2n) is 4.77. The molecule has 0 unspecified atom stereocenters. The van der Waals surface area contributed by atoms with E-state index < -0.39 is 0 Å². The van der Waals surface area contributed by atoms with Crippen LogP contribution in [0.5, 0.6) is 0 Å². The van der Waals surface area contributed by atoms with E-state index in [1.54, 1.807) is 25.1 Å². The summed E-state index contributed by atoms with van der Waals surface area (Å²) < 4.78 is 4.85. The van der Waals surface area contributed by atoms with Crippen LogP contribution >= 0.6 is 23.4 Å². The molecule has 8 heteroatoms. The van der Waals surface area contributed by atoms with Crippen molar-refractivity contribution in [1.29, 1.82) is 0 Å². The van der Waals surface area contributed by atoms with Crippen molar-refractivity contribution in [2.24, 2.45) is 0 Å². The number of hydrogen-bond donors (Lipinski definition) is 2. The number of anilines is 1. The lowest BCUT2D eigenvalue weighted by Gasteiger charge is -2.05. The van der Waals surface area contributed by atoms with E-state index in [0.717, 1.165) is 5.56 Å². The van der Waals surface area contributed by atoms with Gasteiger partial charge in [-0.2, -0.15) is 0 Å². The SMILES string of the molecule is Cc1cc(NC(=O)CSCC(=O)NCc2cccc(Cl)c2)no1. The Morgan fingerprint density at radius 2 is 2.04 bits per heavy atom. The number of nitrogens with zero attached hydrogens (tertiary/aromatic N) is 1. The summed E-state index contributed by atoms with van der Waals surface area (Å²) in [5.74, 6) is 0.986. The number of aryl methyl sites for hydroxylation is 1. The van der Waals surface area contributed by atoms with Crippen LogP contribution < -0.4 is 10.6 Å². The van der Waals surface area contributed by atoms with Crippen LogP contribution in [0.3, 0.4) is 0 Å². The normalized spacial score (nSPS) is 10.3. The van der Waals surface area contributed by atoms with Crippen molar-refractivity contribution in [2.75, 3.05) is 16.8 Å². The van der Waals surface area contributed by atoms with E-state index in [-0.39, 0.29) is 23.3 Å². The minimum Gasteiger partial charge on any atom is -0.360 e. The zero-order valence-corrected chi connectivity index (χ0v) is 14.0. The van der Waals surface area contributed by atoms with Gasteiger partial charge in [-0.1, -0.05) is 28.9 Å². The van der Waals surface area contributed by atoms with Gasteiger partial charge in [-0.25, -0.2) is 0 Å². The predicted octanol–water partition coefficient (Wildman–Crippen LogP) is 2.62. The molecule has 2 N–H and O–H groups in total. The molecule has 2 aromatic rings. The van der Waals surface area contributed by atoms with Crippen LogP contribution in [-0.2, 0) is 16.1 Å². The Balaban J connectivity index is 1.63. The first-order valence-electron chi connectivity index (χ1n) is 6.85. The maximum Gasteiger partial charge on any atom is 0.235 e. The van der Waals surface area contributed by atoms with Gasteiger partial charge in [0.1, 0.15) is 5.76 Å². The fourth-order valence-electron chi connectivity index (χ4n) is 1.74. The summed E-state index contributed by atoms with van der Waals surface area (Å²) in [4.78, 5) is 23.4. The summed E-state index contributed by atoms with van der Waals surface area (Å²) in [5, 5.41) is 9.66. The molecule has 2 amide bonds. The fourth-order valence-corrected chi connectivity index (χ4v) is 2.60. The molecule has 0 aliphatic rings.